The molecule has 132 valence electrons. The van der Waals surface area contributed by atoms with E-state index in [1.807, 2.05) is 0 Å². The van der Waals surface area contributed by atoms with E-state index < -0.39 is 21.7 Å². The topological polar surface area (TPSA) is 84.5 Å². The molecule has 2 aromatic carbocycles. The number of benzene rings is 2. The van der Waals surface area contributed by atoms with Crippen LogP contribution in [0, 0.1) is 5.82 Å². The molecule has 6 nitrogen and oxygen atoms in total. The number of carbonyl (C=O) groups is 1. The normalized spacial score (nSPS) is 14.2. The van der Waals surface area contributed by atoms with Crippen LogP contribution in [0.5, 0.6) is 5.75 Å². The predicted molar refractivity (Wildman–Crippen MR) is 90.7 cm³/mol. The Morgan fingerprint density at radius 1 is 1.16 bits per heavy atom. The lowest BCUT2D eigenvalue weighted by molar-refractivity contribution is 0.102. The van der Waals surface area contributed by atoms with Crippen molar-refractivity contribution in [3.05, 3.63) is 53.8 Å². The fourth-order valence-corrected chi connectivity index (χ4v) is 3.75. The van der Waals surface area contributed by atoms with Gasteiger partial charge in [-0.2, -0.15) is 0 Å². The minimum atomic E-state index is -3.78. The van der Waals surface area contributed by atoms with Crippen molar-refractivity contribution in [2.75, 3.05) is 12.4 Å². The Labute approximate surface area is 145 Å². The zero-order valence-electron chi connectivity index (χ0n) is 13.5. The van der Waals surface area contributed by atoms with Gasteiger partial charge in [0.25, 0.3) is 5.91 Å². The van der Waals surface area contributed by atoms with Crippen molar-refractivity contribution < 1.29 is 22.3 Å². The number of anilines is 1. The van der Waals surface area contributed by atoms with Crippen molar-refractivity contribution >= 4 is 21.6 Å². The van der Waals surface area contributed by atoms with Crippen LogP contribution in [0.15, 0.2) is 47.4 Å². The highest BCUT2D eigenvalue weighted by atomic mass is 32.2. The average Bonchev–Trinajstić information content (AvgIpc) is 3.39. The molecule has 0 spiro atoms. The van der Waals surface area contributed by atoms with Gasteiger partial charge >= 0.3 is 0 Å². The van der Waals surface area contributed by atoms with Gasteiger partial charge in [-0.25, -0.2) is 17.5 Å². The van der Waals surface area contributed by atoms with Gasteiger partial charge in [0.15, 0.2) is 0 Å². The number of carbonyl (C=O) groups excluding carboxylic acids is 1. The molecule has 2 aromatic rings. The van der Waals surface area contributed by atoms with Gasteiger partial charge in [0.2, 0.25) is 10.0 Å². The maximum absolute atomic E-state index is 12.9. The van der Waals surface area contributed by atoms with Crippen molar-refractivity contribution in [1.82, 2.24) is 4.72 Å². The van der Waals surface area contributed by atoms with Crippen molar-refractivity contribution in [3.8, 4) is 5.75 Å². The third kappa shape index (κ3) is 4.15. The summed E-state index contributed by atoms with van der Waals surface area (Å²) in [5, 5.41) is 2.59. The molecule has 0 radical (unpaired) electrons. The minimum absolute atomic E-state index is 0.0635. The Hall–Kier alpha value is -2.45. The smallest absolute Gasteiger partial charge is 0.255 e. The van der Waals surface area contributed by atoms with Crippen molar-refractivity contribution in [2.45, 2.75) is 23.8 Å². The van der Waals surface area contributed by atoms with Crippen LogP contribution < -0.4 is 14.8 Å². The number of halogens is 1. The molecule has 2 N–H and O–H groups in total. The molecule has 25 heavy (non-hydrogen) atoms. The van der Waals surface area contributed by atoms with Gasteiger partial charge < -0.3 is 10.1 Å². The Bertz CT molecular complexity index is 893. The summed E-state index contributed by atoms with van der Waals surface area (Å²) in [5.41, 5.74) is 0.559. The number of sulfonamides is 1. The number of nitrogens with one attached hydrogen (secondary N) is 2. The number of methoxy groups -OCH3 is 1. The number of hydrogen-bond donors (Lipinski definition) is 2. The molecule has 3 rings (SSSR count). The lowest BCUT2D eigenvalue weighted by atomic mass is 10.2. The second-order valence-electron chi connectivity index (χ2n) is 5.72. The second kappa shape index (κ2) is 6.81. The molecule has 0 aromatic heterocycles. The molecule has 1 aliphatic carbocycles. The number of amides is 1. The Morgan fingerprint density at radius 2 is 1.84 bits per heavy atom. The number of hydrogen-bond acceptors (Lipinski definition) is 4. The molecule has 1 aliphatic rings. The summed E-state index contributed by atoms with van der Waals surface area (Å²) < 4.78 is 45.5. The van der Waals surface area contributed by atoms with Gasteiger partial charge in [-0.15, -0.1) is 0 Å². The first-order chi connectivity index (χ1) is 11.9. The van der Waals surface area contributed by atoms with E-state index in [0.29, 0.717) is 5.69 Å². The molecule has 1 fully saturated rings. The average molecular weight is 364 g/mol. The first-order valence-electron chi connectivity index (χ1n) is 7.66. The third-order valence-electron chi connectivity index (χ3n) is 3.72. The first-order valence-corrected chi connectivity index (χ1v) is 9.14. The molecular weight excluding hydrogens is 347 g/mol. The van der Waals surface area contributed by atoms with Gasteiger partial charge in [-0.1, -0.05) is 0 Å². The van der Waals surface area contributed by atoms with Crippen LogP contribution in [0.25, 0.3) is 0 Å². The molecule has 0 atom stereocenters. The van der Waals surface area contributed by atoms with E-state index in [0.717, 1.165) is 12.8 Å². The van der Waals surface area contributed by atoms with E-state index in [1.165, 1.54) is 49.6 Å². The molecule has 0 unspecified atom stereocenters. The van der Waals surface area contributed by atoms with E-state index in [4.69, 9.17) is 4.74 Å². The highest BCUT2D eigenvalue weighted by Crippen LogP contribution is 2.28. The predicted octanol–water partition coefficient (Wildman–Crippen LogP) is 2.53. The van der Waals surface area contributed by atoms with Crippen LogP contribution in [-0.2, 0) is 10.0 Å². The van der Waals surface area contributed by atoms with E-state index in [-0.39, 0.29) is 22.3 Å². The summed E-state index contributed by atoms with van der Waals surface area (Å²) in [6, 6.07) is 9.38. The summed E-state index contributed by atoms with van der Waals surface area (Å²) in [7, 11) is -2.41. The maximum Gasteiger partial charge on any atom is 0.255 e. The van der Waals surface area contributed by atoms with Crippen LogP contribution in [0.3, 0.4) is 0 Å². The zero-order valence-corrected chi connectivity index (χ0v) is 14.3. The number of rotatable bonds is 6. The summed E-state index contributed by atoms with van der Waals surface area (Å²) in [6.07, 6.45) is 1.60. The quantitative estimate of drug-likeness (QED) is 0.825. The number of ether oxygens (including phenoxy) is 1. The standard InChI is InChI=1S/C17H17FN2O4S/c1-24-15-9-2-11(10-16(15)25(22,23)20-14-7-8-14)17(21)19-13-5-3-12(18)4-6-13/h2-6,9-10,14,20H,7-8H2,1H3,(H,19,21). The summed E-state index contributed by atoms with van der Waals surface area (Å²) in [5.74, 6) is -0.759. The summed E-state index contributed by atoms with van der Waals surface area (Å²) >= 11 is 0. The summed E-state index contributed by atoms with van der Waals surface area (Å²) in [4.78, 5) is 12.3. The van der Waals surface area contributed by atoms with Crippen molar-refractivity contribution in [2.24, 2.45) is 0 Å². The van der Waals surface area contributed by atoms with Crippen LogP contribution >= 0.6 is 0 Å². The Morgan fingerprint density at radius 3 is 2.44 bits per heavy atom. The second-order valence-corrected chi connectivity index (χ2v) is 7.40. The van der Waals surface area contributed by atoms with Crippen LogP contribution in [0.2, 0.25) is 0 Å². The van der Waals surface area contributed by atoms with E-state index in [9.17, 15) is 17.6 Å². The zero-order chi connectivity index (χ0) is 18.0. The maximum atomic E-state index is 12.9. The third-order valence-corrected chi connectivity index (χ3v) is 5.26. The molecule has 0 aliphatic heterocycles. The van der Waals surface area contributed by atoms with E-state index in [1.54, 1.807) is 0 Å². The molecule has 1 saturated carbocycles. The van der Waals surface area contributed by atoms with E-state index >= 15 is 0 Å². The van der Waals surface area contributed by atoms with Gasteiger partial charge in [-0.05, 0) is 55.3 Å². The molecule has 0 heterocycles. The Balaban J connectivity index is 1.87. The highest BCUT2D eigenvalue weighted by molar-refractivity contribution is 7.89. The first kappa shape index (κ1) is 17.4. The minimum Gasteiger partial charge on any atom is -0.495 e. The fourth-order valence-electron chi connectivity index (χ4n) is 2.25. The van der Waals surface area contributed by atoms with Gasteiger partial charge in [0.1, 0.15) is 16.5 Å². The lowest BCUT2D eigenvalue weighted by Crippen LogP contribution is -2.26. The van der Waals surface area contributed by atoms with Crippen LogP contribution in [-0.4, -0.2) is 27.5 Å². The highest BCUT2D eigenvalue weighted by Gasteiger charge is 2.30. The van der Waals surface area contributed by atoms with Crippen LogP contribution in [0.1, 0.15) is 23.2 Å². The van der Waals surface area contributed by atoms with Crippen molar-refractivity contribution in [3.63, 3.8) is 0 Å². The molecular formula is C17H17FN2O4S. The molecule has 1 amide bonds. The Kier molecular flexibility index (Phi) is 4.73. The van der Waals surface area contributed by atoms with Gasteiger partial charge in [-0.3, -0.25) is 4.79 Å². The van der Waals surface area contributed by atoms with Crippen molar-refractivity contribution in [1.29, 1.82) is 0 Å². The molecule has 0 saturated heterocycles. The SMILES string of the molecule is COc1ccc(C(=O)Nc2ccc(F)cc2)cc1S(=O)(=O)NC1CC1. The molecule has 8 heteroatoms. The summed E-state index contributed by atoms with van der Waals surface area (Å²) in [6.45, 7) is 0. The van der Waals surface area contributed by atoms with Crippen LogP contribution in [0.4, 0.5) is 10.1 Å². The molecule has 0 bridgehead atoms. The van der Waals surface area contributed by atoms with Gasteiger partial charge in [0, 0.05) is 17.3 Å². The monoisotopic (exact) mass is 364 g/mol. The largest absolute Gasteiger partial charge is 0.495 e. The van der Waals surface area contributed by atoms with Gasteiger partial charge in [0.05, 0.1) is 7.11 Å². The fraction of sp³-hybridized carbons (Fsp3) is 0.235. The lowest BCUT2D eigenvalue weighted by Gasteiger charge is -2.12. The van der Waals surface area contributed by atoms with E-state index in [2.05, 4.69) is 10.0 Å².